The second-order valence-corrected chi connectivity index (χ2v) is 8.22. The number of benzene rings is 1. The highest BCUT2D eigenvalue weighted by atomic mass is 32.2. The number of nitrogens with one attached hydrogen (secondary N) is 1. The average molecular weight is 335 g/mol. The fourth-order valence-electron chi connectivity index (χ4n) is 1.86. The van der Waals surface area contributed by atoms with Crippen LogP contribution in [0.5, 0.6) is 0 Å². The third kappa shape index (κ3) is 4.85. The molecule has 0 bridgehead atoms. The van der Waals surface area contributed by atoms with Crippen molar-refractivity contribution in [2.24, 2.45) is 0 Å². The standard InChI is InChI=1S/C17H22N2OS2/c1-5-12-7-6-8-13(9-12)18-15(20)11-22-16-19-14(10-21-16)17(2,3)4/h6-10H,5,11H2,1-4H3,(H,18,20). The quantitative estimate of drug-likeness (QED) is 0.804. The van der Waals surface area contributed by atoms with Crippen LogP contribution in [-0.2, 0) is 16.6 Å². The summed E-state index contributed by atoms with van der Waals surface area (Å²) in [4.78, 5) is 16.6. The Balaban J connectivity index is 1.88. The van der Waals surface area contributed by atoms with E-state index in [0.717, 1.165) is 22.1 Å². The predicted octanol–water partition coefficient (Wildman–Crippen LogP) is 4.73. The SMILES string of the molecule is CCc1cccc(NC(=O)CSc2nc(C(C)(C)C)cs2)c1. The zero-order chi connectivity index (χ0) is 16.2. The first kappa shape index (κ1) is 17.0. The van der Waals surface area contributed by atoms with Crippen LogP contribution in [0.3, 0.4) is 0 Å². The Bertz CT molecular complexity index is 644. The van der Waals surface area contributed by atoms with Crippen LogP contribution in [-0.4, -0.2) is 16.6 Å². The van der Waals surface area contributed by atoms with Gasteiger partial charge in [0, 0.05) is 16.5 Å². The van der Waals surface area contributed by atoms with E-state index >= 15 is 0 Å². The number of anilines is 1. The molecule has 1 aromatic carbocycles. The van der Waals surface area contributed by atoms with E-state index in [9.17, 15) is 4.79 Å². The number of rotatable bonds is 5. The average Bonchev–Trinajstić information content (AvgIpc) is 2.94. The van der Waals surface area contributed by atoms with E-state index in [1.807, 2.05) is 18.2 Å². The largest absolute Gasteiger partial charge is 0.325 e. The van der Waals surface area contributed by atoms with Crippen LogP contribution in [0.25, 0.3) is 0 Å². The van der Waals surface area contributed by atoms with E-state index in [0.29, 0.717) is 5.75 Å². The molecule has 118 valence electrons. The fraction of sp³-hybridized carbons (Fsp3) is 0.412. The van der Waals surface area contributed by atoms with Gasteiger partial charge in [0.05, 0.1) is 11.4 Å². The molecule has 22 heavy (non-hydrogen) atoms. The smallest absolute Gasteiger partial charge is 0.234 e. The zero-order valence-electron chi connectivity index (χ0n) is 13.5. The summed E-state index contributed by atoms with van der Waals surface area (Å²) >= 11 is 3.09. The van der Waals surface area contributed by atoms with E-state index in [-0.39, 0.29) is 11.3 Å². The van der Waals surface area contributed by atoms with Crippen molar-refractivity contribution in [3.63, 3.8) is 0 Å². The molecule has 0 aliphatic carbocycles. The first-order valence-electron chi connectivity index (χ1n) is 7.36. The van der Waals surface area contributed by atoms with E-state index < -0.39 is 0 Å². The van der Waals surface area contributed by atoms with Crippen LogP contribution < -0.4 is 5.32 Å². The van der Waals surface area contributed by atoms with Gasteiger partial charge in [0.25, 0.3) is 0 Å². The lowest BCUT2D eigenvalue weighted by molar-refractivity contribution is -0.113. The van der Waals surface area contributed by atoms with Crippen molar-refractivity contribution < 1.29 is 4.79 Å². The number of carbonyl (C=O) groups is 1. The van der Waals surface area contributed by atoms with Crippen LogP contribution in [0.2, 0.25) is 0 Å². The number of aromatic nitrogens is 1. The highest BCUT2D eigenvalue weighted by molar-refractivity contribution is 8.01. The number of hydrogen-bond donors (Lipinski definition) is 1. The van der Waals surface area contributed by atoms with Crippen LogP contribution in [0.4, 0.5) is 5.69 Å². The Labute approximate surface area is 140 Å². The maximum absolute atomic E-state index is 12.0. The maximum Gasteiger partial charge on any atom is 0.234 e. The van der Waals surface area contributed by atoms with Crippen molar-refractivity contribution in [3.8, 4) is 0 Å². The lowest BCUT2D eigenvalue weighted by Crippen LogP contribution is -2.14. The summed E-state index contributed by atoms with van der Waals surface area (Å²) in [7, 11) is 0. The van der Waals surface area contributed by atoms with Crippen LogP contribution in [0, 0.1) is 0 Å². The molecule has 0 spiro atoms. The van der Waals surface area contributed by atoms with Gasteiger partial charge in [-0.3, -0.25) is 4.79 Å². The second-order valence-electron chi connectivity index (χ2n) is 6.14. The van der Waals surface area contributed by atoms with Crippen molar-refractivity contribution in [3.05, 3.63) is 40.9 Å². The number of thiazole rings is 1. The lowest BCUT2D eigenvalue weighted by atomic mass is 9.93. The monoisotopic (exact) mass is 334 g/mol. The minimum Gasteiger partial charge on any atom is -0.325 e. The fourth-order valence-corrected chi connectivity index (χ4v) is 3.71. The van der Waals surface area contributed by atoms with Crippen LogP contribution in [0.1, 0.15) is 39.0 Å². The van der Waals surface area contributed by atoms with Crippen molar-refractivity contribution in [2.45, 2.75) is 43.9 Å². The van der Waals surface area contributed by atoms with Gasteiger partial charge in [0.2, 0.25) is 5.91 Å². The van der Waals surface area contributed by atoms with Gasteiger partial charge < -0.3 is 5.32 Å². The van der Waals surface area contributed by atoms with Crippen LogP contribution in [0.15, 0.2) is 34.0 Å². The first-order chi connectivity index (χ1) is 10.4. The molecule has 0 radical (unpaired) electrons. The number of amides is 1. The van der Waals surface area contributed by atoms with Gasteiger partial charge in [0.1, 0.15) is 0 Å². The van der Waals surface area contributed by atoms with E-state index in [1.54, 1.807) is 11.3 Å². The van der Waals surface area contributed by atoms with E-state index in [1.165, 1.54) is 17.3 Å². The molecule has 2 aromatic rings. The highest BCUT2D eigenvalue weighted by Gasteiger charge is 2.17. The van der Waals surface area contributed by atoms with Crippen molar-refractivity contribution in [2.75, 3.05) is 11.1 Å². The zero-order valence-corrected chi connectivity index (χ0v) is 15.1. The molecule has 0 aliphatic heterocycles. The molecule has 0 unspecified atom stereocenters. The third-order valence-corrected chi connectivity index (χ3v) is 5.22. The molecule has 1 N–H and O–H groups in total. The number of carbonyl (C=O) groups excluding carboxylic acids is 1. The van der Waals surface area contributed by atoms with Crippen LogP contribution >= 0.6 is 23.1 Å². The van der Waals surface area contributed by atoms with Crippen molar-refractivity contribution >= 4 is 34.7 Å². The Morgan fingerprint density at radius 3 is 2.77 bits per heavy atom. The Kier molecular flexibility index (Phi) is 5.64. The Hall–Kier alpha value is -1.33. The maximum atomic E-state index is 12.0. The Morgan fingerprint density at radius 2 is 2.14 bits per heavy atom. The van der Waals surface area contributed by atoms with E-state index in [2.05, 4.69) is 49.4 Å². The number of aryl methyl sites for hydroxylation is 1. The Morgan fingerprint density at radius 1 is 1.36 bits per heavy atom. The number of nitrogens with zero attached hydrogens (tertiary/aromatic N) is 1. The minimum absolute atomic E-state index is 0.00533. The number of hydrogen-bond acceptors (Lipinski definition) is 4. The number of thioether (sulfide) groups is 1. The molecule has 2 rings (SSSR count). The topological polar surface area (TPSA) is 42.0 Å². The molecule has 0 saturated carbocycles. The summed E-state index contributed by atoms with van der Waals surface area (Å²) in [6.07, 6.45) is 0.965. The third-order valence-electron chi connectivity index (χ3n) is 3.20. The molecule has 1 amide bonds. The first-order valence-corrected chi connectivity index (χ1v) is 9.22. The summed E-state index contributed by atoms with van der Waals surface area (Å²) in [5.41, 5.74) is 3.22. The summed E-state index contributed by atoms with van der Waals surface area (Å²) in [6.45, 7) is 8.53. The second kappa shape index (κ2) is 7.29. The summed E-state index contributed by atoms with van der Waals surface area (Å²) in [5.74, 6) is 0.388. The lowest BCUT2D eigenvalue weighted by Gasteiger charge is -2.14. The van der Waals surface area contributed by atoms with Gasteiger partial charge in [0.15, 0.2) is 4.34 Å². The molecular weight excluding hydrogens is 312 g/mol. The van der Waals surface area contributed by atoms with Gasteiger partial charge in [-0.1, -0.05) is 51.6 Å². The summed E-state index contributed by atoms with van der Waals surface area (Å²) in [6, 6.07) is 7.97. The molecule has 0 saturated heterocycles. The van der Waals surface area contributed by atoms with Crippen molar-refractivity contribution in [1.29, 1.82) is 0 Å². The summed E-state index contributed by atoms with van der Waals surface area (Å²) in [5, 5.41) is 5.02. The van der Waals surface area contributed by atoms with Gasteiger partial charge in [-0.15, -0.1) is 11.3 Å². The summed E-state index contributed by atoms with van der Waals surface area (Å²) < 4.78 is 0.947. The molecular formula is C17H22N2OS2. The molecule has 0 atom stereocenters. The minimum atomic E-state index is 0.00533. The molecule has 1 heterocycles. The van der Waals surface area contributed by atoms with Gasteiger partial charge in [-0.25, -0.2) is 4.98 Å². The van der Waals surface area contributed by atoms with Crippen molar-refractivity contribution in [1.82, 2.24) is 4.98 Å². The predicted molar refractivity (Wildman–Crippen MR) is 96.0 cm³/mol. The van der Waals surface area contributed by atoms with E-state index in [4.69, 9.17) is 0 Å². The van der Waals surface area contributed by atoms with Gasteiger partial charge in [-0.2, -0.15) is 0 Å². The highest BCUT2D eigenvalue weighted by Crippen LogP contribution is 2.29. The normalized spacial score (nSPS) is 11.5. The molecule has 0 fully saturated rings. The molecule has 0 aliphatic rings. The van der Waals surface area contributed by atoms with Gasteiger partial charge in [-0.05, 0) is 24.1 Å². The molecule has 1 aromatic heterocycles. The molecule has 3 nitrogen and oxygen atoms in total. The van der Waals surface area contributed by atoms with Gasteiger partial charge >= 0.3 is 0 Å². The molecule has 5 heteroatoms.